The van der Waals surface area contributed by atoms with Crippen LogP contribution < -0.4 is 16.1 Å². The van der Waals surface area contributed by atoms with E-state index in [2.05, 4.69) is 41.5 Å². The maximum Gasteiger partial charge on any atom is 0.184 e. The summed E-state index contributed by atoms with van der Waals surface area (Å²) in [6.45, 7) is 7.72. The van der Waals surface area contributed by atoms with Crippen LogP contribution in [0, 0.1) is 0 Å². The van der Waals surface area contributed by atoms with E-state index >= 15 is 0 Å². The highest BCUT2D eigenvalue weighted by atomic mass is 32.1. The fourth-order valence-electron chi connectivity index (χ4n) is 1.81. The number of rotatable bonds is 5. The van der Waals surface area contributed by atoms with E-state index in [1.165, 1.54) is 0 Å². The lowest BCUT2D eigenvalue weighted by Gasteiger charge is -2.21. The lowest BCUT2D eigenvalue weighted by molar-refractivity contribution is 0.474. The predicted molar refractivity (Wildman–Crippen MR) is 83.8 cm³/mol. The first-order valence-corrected chi connectivity index (χ1v) is 6.58. The largest absolute Gasteiger partial charge is 0.507 e. The molecule has 0 aliphatic carbocycles. The van der Waals surface area contributed by atoms with Gasteiger partial charge in [0.1, 0.15) is 5.75 Å². The number of hydrazone groups is 1. The first kappa shape index (κ1) is 15.2. The third-order valence-corrected chi connectivity index (χ3v) is 2.92. The summed E-state index contributed by atoms with van der Waals surface area (Å²) in [6.07, 6.45) is 0. The van der Waals surface area contributed by atoms with E-state index in [1.807, 2.05) is 12.1 Å². The summed E-state index contributed by atoms with van der Waals surface area (Å²) in [5.74, 6) is 0.190. The summed E-state index contributed by atoms with van der Waals surface area (Å²) in [6, 6.07) is 5.53. The van der Waals surface area contributed by atoms with Crippen molar-refractivity contribution in [2.24, 2.45) is 10.8 Å². The molecule has 0 aliphatic rings. The molecular weight excluding hydrogens is 260 g/mol. The number of aromatic hydroxyl groups is 1. The van der Waals surface area contributed by atoms with Gasteiger partial charge >= 0.3 is 0 Å². The van der Waals surface area contributed by atoms with Gasteiger partial charge in [0.05, 0.1) is 5.71 Å². The molecule has 0 radical (unpaired) electrons. The first-order chi connectivity index (χ1) is 8.99. The molecule has 0 spiro atoms. The van der Waals surface area contributed by atoms with E-state index < -0.39 is 0 Å². The fraction of sp³-hybridized carbons (Fsp3) is 0.385. The molecule has 0 aromatic heterocycles. The average Bonchev–Trinajstić information content (AvgIpc) is 2.37. The zero-order valence-corrected chi connectivity index (χ0v) is 12.3. The van der Waals surface area contributed by atoms with Crippen molar-refractivity contribution in [3.8, 4) is 5.75 Å². The van der Waals surface area contributed by atoms with Crippen molar-refractivity contribution in [1.82, 2.24) is 5.43 Å². The number of nitrogens with two attached hydrogens (primary N) is 1. The van der Waals surface area contributed by atoms with Crippen LogP contribution in [0.1, 0.15) is 26.3 Å². The highest BCUT2D eigenvalue weighted by molar-refractivity contribution is 7.80. The molecule has 0 aliphatic heterocycles. The molecule has 6 heteroatoms. The molecule has 5 nitrogen and oxygen atoms in total. The molecule has 0 saturated carbocycles. The molecule has 1 aromatic carbocycles. The smallest absolute Gasteiger partial charge is 0.184 e. The maximum absolute atomic E-state index is 10.1. The van der Waals surface area contributed by atoms with Crippen molar-refractivity contribution in [3.05, 3.63) is 23.8 Å². The standard InChI is InChI=1S/C13H20N4OS/c1-4-17(5-2)10-6-7-11(12(18)8-10)9(3)15-16-13(14)19/h6-8,18H,4-5H2,1-3H3,(H3,14,16,19). The van der Waals surface area contributed by atoms with Crippen molar-refractivity contribution in [3.63, 3.8) is 0 Å². The predicted octanol–water partition coefficient (Wildman–Crippen LogP) is 1.80. The lowest BCUT2D eigenvalue weighted by atomic mass is 10.1. The Morgan fingerprint density at radius 2 is 2.05 bits per heavy atom. The number of phenols is 1. The van der Waals surface area contributed by atoms with Crippen LogP contribution in [0.25, 0.3) is 0 Å². The van der Waals surface area contributed by atoms with Gasteiger partial charge in [-0.3, -0.25) is 5.43 Å². The second-order valence-electron chi connectivity index (χ2n) is 4.05. The molecule has 4 N–H and O–H groups in total. The summed E-state index contributed by atoms with van der Waals surface area (Å²) in [4.78, 5) is 2.16. The molecule has 0 unspecified atom stereocenters. The minimum atomic E-state index is 0.0959. The molecule has 0 saturated heterocycles. The Bertz CT molecular complexity index is 484. The number of phenolic OH excluding ortho intramolecular Hbond substituents is 1. The van der Waals surface area contributed by atoms with Crippen molar-refractivity contribution >= 4 is 28.7 Å². The molecule has 0 amide bonds. The third kappa shape index (κ3) is 4.10. The normalized spacial score (nSPS) is 11.2. The molecule has 0 fully saturated rings. The molecule has 0 heterocycles. The van der Waals surface area contributed by atoms with Crippen LogP contribution in [0.5, 0.6) is 5.75 Å². The number of nitrogens with one attached hydrogen (secondary N) is 1. The zero-order valence-electron chi connectivity index (χ0n) is 11.5. The van der Waals surface area contributed by atoms with Gasteiger partial charge in [0.15, 0.2) is 5.11 Å². The SMILES string of the molecule is CCN(CC)c1ccc(C(C)=NNC(N)=S)c(O)c1. The molecule has 19 heavy (non-hydrogen) atoms. The minimum absolute atomic E-state index is 0.0959. The van der Waals surface area contributed by atoms with Crippen molar-refractivity contribution in [1.29, 1.82) is 0 Å². The van der Waals surface area contributed by atoms with Gasteiger partial charge in [-0.1, -0.05) is 0 Å². The Kier molecular flexibility index (Phi) is 5.57. The quantitative estimate of drug-likeness (QED) is 0.436. The second-order valence-corrected chi connectivity index (χ2v) is 4.49. The molecule has 0 atom stereocenters. The average molecular weight is 280 g/mol. The van der Waals surface area contributed by atoms with Gasteiger partial charge in [-0.05, 0) is 45.1 Å². The van der Waals surface area contributed by atoms with E-state index in [1.54, 1.807) is 13.0 Å². The van der Waals surface area contributed by atoms with Crippen LogP contribution >= 0.6 is 12.2 Å². The van der Waals surface area contributed by atoms with E-state index in [0.717, 1.165) is 18.8 Å². The molecule has 0 bridgehead atoms. The first-order valence-electron chi connectivity index (χ1n) is 6.17. The summed E-state index contributed by atoms with van der Waals surface area (Å²) < 4.78 is 0. The van der Waals surface area contributed by atoms with E-state index in [0.29, 0.717) is 11.3 Å². The molecular formula is C13H20N4OS. The Balaban J connectivity index is 3.00. The van der Waals surface area contributed by atoms with Gasteiger partial charge in [-0.25, -0.2) is 0 Å². The van der Waals surface area contributed by atoms with Crippen molar-refractivity contribution in [2.45, 2.75) is 20.8 Å². The lowest BCUT2D eigenvalue weighted by Crippen LogP contribution is -2.25. The zero-order chi connectivity index (χ0) is 14.4. The van der Waals surface area contributed by atoms with Crippen molar-refractivity contribution in [2.75, 3.05) is 18.0 Å². The minimum Gasteiger partial charge on any atom is -0.507 e. The molecule has 1 aromatic rings. The summed E-state index contributed by atoms with van der Waals surface area (Å²) >= 11 is 4.67. The Morgan fingerprint density at radius 1 is 1.42 bits per heavy atom. The van der Waals surface area contributed by atoms with Gasteiger partial charge in [-0.2, -0.15) is 5.10 Å². The van der Waals surface area contributed by atoms with Crippen LogP contribution in [0.2, 0.25) is 0 Å². The number of benzene rings is 1. The van der Waals surface area contributed by atoms with Gasteiger partial charge in [-0.15, -0.1) is 0 Å². The highest BCUT2D eigenvalue weighted by Crippen LogP contribution is 2.25. The maximum atomic E-state index is 10.1. The van der Waals surface area contributed by atoms with Crippen molar-refractivity contribution < 1.29 is 5.11 Å². The summed E-state index contributed by atoms with van der Waals surface area (Å²) in [7, 11) is 0. The number of hydrogen-bond acceptors (Lipinski definition) is 4. The fourth-order valence-corrected chi connectivity index (χ4v) is 1.86. The summed E-state index contributed by atoms with van der Waals surface area (Å²) in [5.41, 5.74) is 10.1. The van der Waals surface area contributed by atoms with Gasteiger partial charge in [0.2, 0.25) is 0 Å². The monoisotopic (exact) mass is 280 g/mol. The van der Waals surface area contributed by atoms with E-state index in [9.17, 15) is 5.11 Å². The Morgan fingerprint density at radius 3 is 2.53 bits per heavy atom. The van der Waals surface area contributed by atoms with Gasteiger partial charge < -0.3 is 15.7 Å². The number of anilines is 1. The molecule has 104 valence electrons. The number of thiocarbonyl (C=S) groups is 1. The van der Waals surface area contributed by atoms with Gasteiger partial charge in [0.25, 0.3) is 0 Å². The Labute approximate surface area is 119 Å². The third-order valence-electron chi connectivity index (χ3n) is 2.83. The van der Waals surface area contributed by atoms with E-state index in [4.69, 9.17) is 5.73 Å². The molecule has 1 rings (SSSR count). The van der Waals surface area contributed by atoms with E-state index in [-0.39, 0.29) is 10.9 Å². The van der Waals surface area contributed by atoms with Crippen LogP contribution in [0.4, 0.5) is 5.69 Å². The van der Waals surface area contributed by atoms with Crippen LogP contribution in [0.3, 0.4) is 0 Å². The number of nitrogens with zero attached hydrogens (tertiary/aromatic N) is 2. The second kappa shape index (κ2) is 6.94. The number of hydrogen-bond donors (Lipinski definition) is 3. The van der Waals surface area contributed by atoms with Crippen LogP contribution in [-0.4, -0.2) is 29.0 Å². The Hall–Kier alpha value is -1.82. The highest BCUT2D eigenvalue weighted by Gasteiger charge is 2.09. The summed E-state index contributed by atoms with van der Waals surface area (Å²) in [5, 5.41) is 14.2. The topological polar surface area (TPSA) is 73.9 Å². The van der Waals surface area contributed by atoms with Crippen LogP contribution in [0.15, 0.2) is 23.3 Å². The van der Waals surface area contributed by atoms with Crippen LogP contribution in [-0.2, 0) is 0 Å². The van der Waals surface area contributed by atoms with Gasteiger partial charge in [0, 0.05) is 30.4 Å².